The van der Waals surface area contributed by atoms with Crippen LogP contribution in [0.4, 0.5) is 0 Å². The van der Waals surface area contributed by atoms with Gasteiger partial charge in [-0.1, -0.05) is 42.5 Å². The van der Waals surface area contributed by atoms with Crippen LogP contribution in [0.3, 0.4) is 0 Å². The average molecular weight is 360 g/mol. The predicted molar refractivity (Wildman–Crippen MR) is 99.9 cm³/mol. The van der Waals surface area contributed by atoms with Crippen molar-refractivity contribution in [1.82, 2.24) is 14.8 Å². The fourth-order valence-corrected chi connectivity index (χ4v) is 3.30. The highest BCUT2D eigenvalue weighted by Crippen LogP contribution is 2.45. The summed E-state index contributed by atoms with van der Waals surface area (Å²) < 4.78 is 7.47. The van der Waals surface area contributed by atoms with Crippen LogP contribution < -0.4 is 4.74 Å². The quantitative estimate of drug-likeness (QED) is 0.730. The zero-order valence-electron chi connectivity index (χ0n) is 15.2. The number of fused-ring (bicyclic) bond motifs is 1. The molecule has 1 aromatic heterocycles. The van der Waals surface area contributed by atoms with Crippen molar-refractivity contribution < 1.29 is 9.84 Å². The van der Waals surface area contributed by atoms with Gasteiger partial charge in [0, 0.05) is 0 Å². The molecule has 3 aromatic rings. The van der Waals surface area contributed by atoms with E-state index in [1.807, 2.05) is 54.6 Å². The van der Waals surface area contributed by atoms with E-state index < -0.39 is 17.1 Å². The highest BCUT2D eigenvalue weighted by molar-refractivity contribution is 5.63. The zero-order valence-corrected chi connectivity index (χ0v) is 15.2. The Morgan fingerprint density at radius 3 is 2.33 bits per heavy atom. The molecule has 0 aliphatic carbocycles. The van der Waals surface area contributed by atoms with Gasteiger partial charge in [0.1, 0.15) is 30.3 Å². The first-order valence-corrected chi connectivity index (χ1v) is 8.77. The molecule has 2 aliphatic heterocycles. The molecule has 0 radical (unpaired) electrons. The Labute approximate surface area is 157 Å². The number of hydrogen-bond acceptors (Lipinski definition) is 5. The molecule has 6 heteroatoms. The third-order valence-corrected chi connectivity index (χ3v) is 5.27. The van der Waals surface area contributed by atoms with Crippen LogP contribution in [0.15, 0.2) is 60.9 Å². The lowest BCUT2D eigenvalue weighted by Gasteiger charge is -2.43. The number of hydrogen-bond donors (Lipinski definition) is 1. The monoisotopic (exact) mass is 360 g/mol. The van der Waals surface area contributed by atoms with Gasteiger partial charge >= 0.3 is 0 Å². The van der Waals surface area contributed by atoms with Gasteiger partial charge in [-0.3, -0.25) is 0 Å². The first kappa shape index (κ1) is 17.3. The normalized spacial score (nSPS) is 17.5. The van der Waals surface area contributed by atoms with Gasteiger partial charge in [0.25, 0.3) is 0 Å². The second kappa shape index (κ2) is 6.22. The second-order valence-electron chi connectivity index (χ2n) is 7.33. The van der Waals surface area contributed by atoms with E-state index in [0.717, 1.165) is 11.1 Å². The molecule has 5 rings (SSSR count). The minimum atomic E-state index is -1.45. The van der Waals surface area contributed by atoms with Crippen LogP contribution in [-0.2, 0) is 0 Å². The van der Waals surface area contributed by atoms with Crippen molar-refractivity contribution in [3.63, 3.8) is 0 Å². The summed E-state index contributed by atoms with van der Waals surface area (Å²) >= 11 is 0. The topological polar surface area (TPSA) is 84.0 Å². The summed E-state index contributed by atoms with van der Waals surface area (Å²) in [6.45, 7) is 3.37. The van der Waals surface area contributed by atoms with Crippen molar-refractivity contribution in [2.45, 2.75) is 25.5 Å². The van der Waals surface area contributed by atoms with E-state index in [2.05, 4.69) is 16.2 Å². The maximum Gasteiger partial charge on any atom is 0.178 e. The van der Waals surface area contributed by atoms with Crippen LogP contribution >= 0.6 is 0 Å². The summed E-state index contributed by atoms with van der Waals surface area (Å²) in [5.41, 5.74) is -0.288. The van der Waals surface area contributed by atoms with Crippen LogP contribution in [0.5, 0.6) is 5.75 Å². The van der Waals surface area contributed by atoms with E-state index >= 15 is 0 Å². The fraction of sp³-hybridized carbons (Fsp3) is 0.286. The molecule has 2 atom stereocenters. The Balaban J connectivity index is 1.53. The zero-order chi connectivity index (χ0) is 19.1. The number of rotatable bonds is 6. The number of benzene rings is 2. The van der Waals surface area contributed by atoms with Crippen molar-refractivity contribution in [3.05, 3.63) is 66.7 Å². The molecule has 3 heterocycles. The molecule has 0 fully saturated rings. The lowest BCUT2D eigenvalue weighted by atomic mass is 9.71. The predicted octanol–water partition coefficient (Wildman–Crippen LogP) is 3.21. The summed E-state index contributed by atoms with van der Waals surface area (Å²) in [6, 6.07) is 19.5. The Kier molecular flexibility index (Phi) is 3.97. The van der Waals surface area contributed by atoms with Crippen LogP contribution in [0.2, 0.25) is 0 Å². The maximum absolute atomic E-state index is 11.4. The van der Waals surface area contributed by atoms with Crippen molar-refractivity contribution in [1.29, 1.82) is 5.26 Å². The minimum absolute atomic E-state index is 0.0399. The van der Waals surface area contributed by atoms with Gasteiger partial charge in [0.05, 0.1) is 11.5 Å². The fourth-order valence-electron chi connectivity index (χ4n) is 3.30. The highest BCUT2D eigenvalue weighted by Gasteiger charge is 2.57. The molecule has 27 heavy (non-hydrogen) atoms. The van der Waals surface area contributed by atoms with Gasteiger partial charge in [-0.2, -0.15) is 10.4 Å². The summed E-state index contributed by atoms with van der Waals surface area (Å²) in [5.74, 6) is 1.16. The summed E-state index contributed by atoms with van der Waals surface area (Å²) in [5, 5.41) is 25.1. The Morgan fingerprint density at radius 1 is 1.11 bits per heavy atom. The molecule has 0 amide bonds. The number of ether oxygens (including phenoxy) is 1. The second-order valence-corrected chi connectivity index (χ2v) is 7.33. The summed E-state index contributed by atoms with van der Waals surface area (Å²) in [6.07, 6.45) is 1.56. The number of aliphatic hydroxyl groups is 1. The lowest BCUT2D eigenvalue weighted by Crippen LogP contribution is -2.57. The molecule has 2 bridgehead atoms. The molecule has 2 unspecified atom stereocenters. The third-order valence-electron chi connectivity index (χ3n) is 5.27. The van der Waals surface area contributed by atoms with E-state index in [1.54, 1.807) is 24.9 Å². The molecular weight excluding hydrogens is 340 g/mol. The Hall–Kier alpha value is -3.17. The van der Waals surface area contributed by atoms with Gasteiger partial charge in [-0.25, -0.2) is 9.67 Å². The maximum atomic E-state index is 11.4. The standard InChI is InChI=1S/C21H20N4O2/c1-20(2,12-22)21(26,18-19-23-14-25(18)24-19)13-27-17-10-8-16(9-11-17)15-6-4-3-5-7-15/h3-11,14,18,26H,13H2,1-2H3. The van der Waals surface area contributed by atoms with E-state index in [0.29, 0.717) is 11.6 Å². The summed E-state index contributed by atoms with van der Waals surface area (Å²) in [4.78, 5) is 4.13. The lowest BCUT2D eigenvalue weighted by molar-refractivity contribution is -0.110. The first-order valence-electron chi connectivity index (χ1n) is 8.77. The van der Waals surface area contributed by atoms with Gasteiger partial charge < -0.3 is 9.84 Å². The molecule has 1 N–H and O–H groups in total. The first-order chi connectivity index (χ1) is 12.9. The van der Waals surface area contributed by atoms with Crippen LogP contribution in [0.1, 0.15) is 25.7 Å². The average Bonchev–Trinajstić information content (AvgIpc) is 3.33. The molecule has 136 valence electrons. The Bertz CT molecular complexity index is 963. The number of aromatic nitrogens is 3. The number of nitrogens with zero attached hydrogens (tertiary/aromatic N) is 4. The molecule has 0 spiro atoms. The highest BCUT2D eigenvalue weighted by atomic mass is 16.5. The Morgan fingerprint density at radius 2 is 1.78 bits per heavy atom. The van der Waals surface area contributed by atoms with Gasteiger partial charge in [0.15, 0.2) is 5.82 Å². The largest absolute Gasteiger partial charge is 0.490 e. The van der Waals surface area contributed by atoms with E-state index in [4.69, 9.17) is 4.74 Å². The SMILES string of the molecule is CC(C)(C#N)C(O)(COc1ccc(-c2ccccc2)cc1)C1c2ncn1n2. The minimum Gasteiger partial charge on any atom is -0.490 e. The number of nitriles is 1. The molecule has 6 nitrogen and oxygen atoms in total. The van der Waals surface area contributed by atoms with Gasteiger partial charge in [0.2, 0.25) is 0 Å². The van der Waals surface area contributed by atoms with Crippen molar-refractivity contribution >= 4 is 0 Å². The van der Waals surface area contributed by atoms with Crippen molar-refractivity contribution in [3.8, 4) is 22.9 Å². The van der Waals surface area contributed by atoms with Crippen LogP contribution in [-0.4, -0.2) is 32.1 Å². The van der Waals surface area contributed by atoms with Crippen LogP contribution in [0, 0.1) is 16.7 Å². The molecule has 0 saturated heterocycles. The van der Waals surface area contributed by atoms with Gasteiger partial charge in [-0.15, -0.1) is 0 Å². The van der Waals surface area contributed by atoms with Gasteiger partial charge in [-0.05, 0) is 37.1 Å². The summed E-state index contributed by atoms with van der Waals surface area (Å²) in [7, 11) is 0. The van der Waals surface area contributed by atoms with E-state index in [9.17, 15) is 10.4 Å². The molecule has 0 saturated carbocycles. The van der Waals surface area contributed by atoms with Crippen molar-refractivity contribution in [2.24, 2.45) is 5.41 Å². The molecule has 2 aromatic carbocycles. The third kappa shape index (κ3) is 2.77. The van der Waals surface area contributed by atoms with Crippen molar-refractivity contribution in [2.75, 3.05) is 6.61 Å². The molecular formula is C21H20N4O2. The van der Waals surface area contributed by atoms with Crippen LogP contribution in [0.25, 0.3) is 11.1 Å². The smallest absolute Gasteiger partial charge is 0.178 e. The molecule has 2 aliphatic rings. The van der Waals surface area contributed by atoms with E-state index in [-0.39, 0.29) is 6.61 Å². The van der Waals surface area contributed by atoms with E-state index in [1.165, 1.54) is 0 Å².